The molecule has 0 aromatic heterocycles. The lowest BCUT2D eigenvalue weighted by atomic mass is 10.3. The van der Waals surface area contributed by atoms with Crippen LogP contribution in [0.1, 0.15) is 6.42 Å². The van der Waals surface area contributed by atoms with Crippen molar-refractivity contribution in [1.82, 2.24) is 9.62 Å². The van der Waals surface area contributed by atoms with E-state index >= 15 is 0 Å². The summed E-state index contributed by atoms with van der Waals surface area (Å²) in [6, 6.07) is 3.30. The van der Waals surface area contributed by atoms with Crippen LogP contribution in [0.2, 0.25) is 0 Å². The molecule has 0 aliphatic carbocycles. The molecule has 0 radical (unpaired) electrons. The molecule has 1 aromatic rings. The number of amides is 1. The van der Waals surface area contributed by atoms with Gasteiger partial charge in [0.2, 0.25) is 10.0 Å². The maximum Gasteiger partial charge on any atom is 0.407 e. The van der Waals surface area contributed by atoms with Gasteiger partial charge >= 0.3 is 6.09 Å². The van der Waals surface area contributed by atoms with Crippen LogP contribution < -0.4 is 11.1 Å². The fourth-order valence-electron chi connectivity index (χ4n) is 2.17. The Kier molecular flexibility index (Phi) is 4.33. The highest BCUT2D eigenvalue weighted by atomic mass is 32.2. The highest BCUT2D eigenvalue weighted by molar-refractivity contribution is 7.89. The number of methoxy groups -OCH3 is 1. The topological polar surface area (TPSA) is 102 Å². The first-order valence-electron chi connectivity index (χ1n) is 6.25. The summed E-state index contributed by atoms with van der Waals surface area (Å²) in [5.74, 6) is -0.778. The van der Waals surface area contributed by atoms with Crippen molar-refractivity contribution in [3.63, 3.8) is 0 Å². The van der Waals surface area contributed by atoms with Gasteiger partial charge in [0.05, 0.1) is 12.8 Å². The van der Waals surface area contributed by atoms with E-state index in [2.05, 4.69) is 10.1 Å². The summed E-state index contributed by atoms with van der Waals surface area (Å²) in [5, 5.41) is 2.54. The Bertz CT molecular complexity index is 650. The van der Waals surface area contributed by atoms with E-state index in [-0.39, 0.29) is 24.0 Å². The number of halogens is 1. The molecule has 0 bridgehead atoms. The molecule has 3 N–H and O–H groups in total. The summed E-state index contributed by atoms with van der Waals surface area (Å²) in [4.78, 5) is 10.9. The van der Waals surface area contributed by atoms with E-state index in [4.69, 9.17) is 5.73 Å². The Morgan fingerprint density at radius 3 is 2.90 bits per heavy atom. The van der Waals surface area contributed by atoms with Crippen molar-refractivity contribution >= 4 is 21.8 Å². The molecule has 1 amide bonds. The number of nitrogen functional groups attached to an aromatic ring is 1. The van der Waals surface area contributed by atoms with Gasteiger partial charge < -0.3 is 15.8 Å². The number of sulfonamides is 1. The summed E-state index contributed by atoms with van der Waals surface area (Å²) in [5.41, 5.74) is 5.10. The second-order valence-electron chi connectivity index (χ2n) is 4.64. The molecule has 21 heavy (non-hydrogen) atoms. The average Bonchev–Trinajstić information content (AvgIpc) is 2.90. The predicted molar refractivity (Wildman–Crippen MR) is 73.5 cm³/mol. The van der Waals surface area contributed by atoms with Crippen molar-refractivity contribution in [3.05, 3.63) is 24.0 Å². The molecule has 1 aliphatic heterocycles. The highest BCUT2D eigenvalue weighted by Crippen LogP contribution is 2.27. The zero-order valence-corrected chi connectivity index (χ0v) is 12.2. The first kappa shape index (κ1) is 15.5. The van der Waals surface area contributed by atoms with Gasteiger partial charge in [-0.1, -0.05) is 6.07 Å². The zero-order valence-electron chi connectivity index (χ0n) is 11.4. The Labute approximate surface area is 121 Å². The van der Waals surface area contributed by atoms with Gasteiger partial charge in [0.1, 0.15) is 10.7 Å². The number of anilines is 1. The van der Waals surface area contributed by atoms with Crippen molar-refractivity contribution in [2.24, 2.45) is 0 Å². The second kappa shape index (κ2) is 5.86. The first-order chi connectivity index (χ1) is 9.86. The van der Waals surface area contributed by atoms with Gasteiger partial charge in [-0.25, -0.2) is 17.6 Å². The number of hydrogen-bond donors (Lipinski definition) is 2. The molecule has 1 saturated heterocycles. The molecule has 116 valence electrons. The molecule has 2 rings (SSSR count). The number of nitrogens with two attached hydrogens (primary N) is 1. The molecular formula is C12H16FN3O4S. The highest BCUT2D eigenvalue weighted by Gasteiger charge is 2.34. The van der Waals surface area contributed by atoms with Crippen molar-refractivity contribution in [2.45, 2.75) is 17.4 Å². The van der Waals surface area contributed by atoms with Crippen LogP contribution in [0.3, 0.4) is 0 Å². The minimum absolute atomic E-state index is 0.0907. The minimum atomic E-state index is -3.89. The number of ether oxygens (including phenoxy) is 1. The molecule has 1 aromatic carbocycles. The summed E-state index contributed by atoms with van der Waals surface area (Å²) in [6.07, 6.45) is -0.173. The van der Waals surface area contributed by atoms with Crippen LogP contribution in [0.4, 0.5) is 14.9 Å². The Balaban J connectivity index is 2.18. The average molecular weight is 317 g/mol. The third kappa shape index (κ3) is 3.08. The van der Waals surface area contributed by atoms with Crippen molar-refractivity contribution in [3.8, 4) is 0 Å². The molecular weight excluding hydrogens is 301 g/mol. The molecule has 1 atom stereocenters. The van der Waals surface area contributed by atoms with E-state index in [1.54, 1.807) is 0 Å². The molecule has 1 heterocycles. The summed E-state index contributed by atoms with van der Waals surface area (Å²) in [6.45, 7) is 0.306. The molecule has 7 nitrogen and oxygen atoms in total. The van der Waals surface area contributed by atoms with E-state index in [1.807, 2.05) is 0 Å². The van der Waals surface area contributed by atoms with Crippen LogP contribution in [0.25, 0.3) is 0 Å². The summed E-state index contributed by atoms with van der Waals surface area (Å²) < 4.78 is 43.9. The van der Waals surface area contributed by atoms with Crippen LogP contribution >= 0.6 is 0 Å². The largest absolute Gasteiger partial charge is 0.453 e. The van der Waals surface area contributed by atoms with E-state index < -0.39 is 27.6 Å². The van der Waals surface area contributed by atoms with Crippen LogP contribution in [-0.2, 0) is 14.8 Å². The summed E-state index contributed by atoms with van der Waals surface area (Å²) >= 11 is 0. The van der Waals surface area contributed by atoms with Crippen LogP contribution in [0, 0.1) is 5.82 Å². The number of rotatable bonds is 3. The van der Waals surface area contributed by atoms with Crippen LogP contribution in [0.15, 0.2) is 23.1 Å². The smallest absolute Gasteiger partial charge is 0.407 e. The number of para-hydroxylation sites is 1. The van der Waals surface area contributed by atoms with Gasteiger partial charge in [-0.2, -0.15) is 4.31 Å². The lowest BCUT2D eigenvalue weighted by Crippen LogP contribution is -2.38. The van der Waals surface area contributed by atoms with Crippen LogP contribution in [0.5, 0.6) is 0 Å². The van der Waals surface area contributed by atoms with E-state index in [9.17, 15) is 17.6 Å². The van der Waals surface area contributed by atoms with Gasteiger partial charge in [0.15, 0.2) is 0 Å². The number of hydrogen-bond acceptors (Lipinski definition) is 5. The maximum atomic E-state index is 13.4. The number of nitrogens with one attached hydrogen (secondary N) is 1. The number of benzene rings is 1. The van der Waals surface area contributed by atoms with Gasteiger partial charge in [-0.3, -0.25) is 0 Å². The monoisotopic (exact) mass is 317 g/mol. The number of nitrogens with zero attached hydrogens (tertiary/aromatic N) is 1. The Morgan fingerprint density at radius 2 is 2.24 bits per heavy atom. The van der Waals surface area contributed by atoms with Gasteiger partial charge in [-0.15, -0.1) is 0 Å². The first-order valence-corrected chi connectivity index (χ1v) is 7.69. The van der Waals surface area contributed by atoms with E-state index in [0.29, 0.717) is 6.42 Å². The van der Waals surface area contributed by atoms with Gasteiger partial charge in [-0.05, 0) is 18.6 Å². The quantitative estimate of drug-likeness (QED) is 0.792. The van der Waals surface area contributed by atoms with E-state index in [0.717, 1.165) is 6.07 Å². The molecule has 1 aliphatic rings. The van der Waals surface area contributed by atoms with Gasteiger partial charge in [0.25, 0.3) is 0 Å². The molecule has 0 spiro atoms. The molecule has 1 fully saturated rings. The molecule has 1 unspecified atom stereocenters. The van der Waals surface area contributed by atoms with Gasteiger partial charge in [0, 0.05) is 19.1 Å². The maximum absolute atomic E-state index is 13.4. The number of alkyl carbamates (subject to hydrolysis) is 1. The third-order valence-corrected chi connectivity index (χ3v) is 5.21. The van der Waals surface area contributed by atoms with Crippen molar-refractivity contribution in [1.29, 1.82) is 0 Å². The van der Waals surface area contributed by atoms with E-state index in [1.165, 1.54) is 23.5 Å². The fourth-order valence-corrected chi connectivity index (χ4v) is 3.80. The summed E-state index contributed by atoms with van der Waals surface area (Å²) in [7, 11) is -2.66. The van der Waals surface area contributed by atoms with Crippen molar-refractivity contribution in [2.75, 3.05) is 25.9 Å². The number of carbonyl (C=O) groups excluding carboxylic acids is 1. The Morgan fingerprint density at radius 1 is 1.52 bits per heavy atom. The normalized spacial score (nSPS) is 19.4. The number of carbonyl (C=O) groups is 1. The molecule has 0 saturated carbocycles. The minimum Gasteiger partial charge on any atom is -0.453 e. The predicted octanol–water partition coefficient (Wildman–Crippen LogP) is 0.527. The Hall–Kier alpha value is -1.87. The standard InChI is InChI=1S/C12H16FN3O4S/c1-20-12(17)15-8-5-6-16(7-8)21(18,19)10-4-2-3-9(13)11(10)14/h2-4,8H,5-7,14H2,1H3,(H,15,17). The molecule has 9 heteroatoms. The zero-order chi connectivity index (χ0) is 15.6. The van der Waals surface area contributed by atoms with Crippen molar-refractivity contribution < 1.29 is 22.3 Å². The third-order valence-electron chi connectivity index (χ3n) is 3.29. The lowest BCUT2D eigenvalue weighted by molar-refractivity contribution is 0.167. The fraction of sp³-hybridized carbons (Fsp3) is 0.417. The van der Waals surface area contributed by atoms with Crippen LogP contribution in [-0.4, -0.2) is 45.1 Å². The second-order valence-corrected chi connectivity index (χ2v) is 6.54. The SMILES string of the molecule is COC(=O)NC1CCN(S(=O)(=O)c2cccc(F)c2N)C1. The lowest BCUT2D eigenvalue weighted by Gasteiger charge is -2.18.